The van der Waals surface area contributed by atoms with Crippen molar-refractivity contribution >= 4 is 0 Å². The third-order valence-electron chi connectivity index (χ3n) is 3.32. The second-order valence-electron chi connectivity index (χ2n) is 3.80. The molecule has 2 aliphatic carbocycles. The highest BCUT2D eigenvalue weighted by Gasteiger charge is 2.66. The number of ether oxygens (including phenoxy) is 1. The van der Waals surface area contributed by atoms with Crippen molar-refractivity contribution in [3.8, 4) is 0 Å². The van der Waals surface area contributed by atoms with E-state index < -0.39 is 0 Å². The monoisotopic (exact) mass is 135 g/mol. The lowest BCUT2D eigenvalue weighted by Crippen LogP contribution is -2.11. The molecule has 1 heterocycles. The van der Waals surface area contributed by atoms with E-state index in [0.29, 0.717) is 5.41 Å². The molecule has 2 atom stereocenters. The molecule has 0 aromatic carbocycles. The van der Waals surface area contributed by atoms with Crippen LogP contribution in [0.3, 0.4) is 0 Å². The van der Waals surface area contributed by atoms with Crippen molar-refractivity contribution in [3.63, 3.8) is 0 Å². The minimum Gasteiger partial charge on any atom is -0.480 e. The van der Waals surface area contributed by atoms with Crippen molar-refractivity contribution < 1.29 is 4.74 Å². The van der Waals surface area contributed by atoms with Gasteiger partial charge < -0.3 is 4.74 Å². The van der Waals surface area contributed by atoms with Crippen molar-refractivity contribution in [2.24, 2.45) is 5.41 Å². The molecule has 1 saturated heterocycles. The quantitative estimate of drug-likeness (QED) is 0.501. The van der Waals surface area contributed by atoms with E-state index in [9.17, 15) is 0 Å². The van der Waals surface area contributed by atoms with Gasteiger partial charge in [0, 0.05) is 6.42 Å². The number of hydrogen-bond donors (Lipinski definition) is 0. The molecular weight excluding hydrogens is 124 g/mol. The van der Waals surface area contributed by atoms with E-state index in [1.165, 1.54) is 25.0 Å². The first-order valence-electron chi connectivity index (χ1n) is 4.02. The number of rotatable bonds is 1. The van der Waals surface area contributed by atoms with Crippen LogP contribution in [-0.2, 0) is 4.74 Å². The maximum atomic E-state index is 5.50. The van der Waals surface area contributed by atoms with Crippen LogP contribution in [0.2, 0.25) is 0 Å². The number of allylic oxidation sites excluding steroid dienone is 1. The summed E-state index contributed by atoms with van der Waals surface area (Å²) in [5.41, 5.74) is 0.722. The van der Waals surface area contributed by atoms with Crippen LogP contribution < -0.4 is 0 Å². The first-order valence-corrected chi connectivity index (χ1v) is 4.02. The first-order chi connectivity index (χ1) is 4.79. The molecule has 0 N–H and O–H groups in total. The third kappa shape index (κ3) is 0.370. The highest BCUT2D eigenvalue weighted by atomic mass is 16.6. The van der Waals surface area contributed by atoms with Gasteiger partial charge in [0.05, 0.1) is 0 Å². The molecule has 2 fully saturated rings. The van der Waals surface area contributed by atoms with Gasteiger partial charge in [-0.15, -0.1) is 0 Å². The van der Waals surface area contributed by atoms with E-state index in [4.69, 9.17) is 4.74 Å². The number of fused-ring (bicyclic) bond motifs is 1. The lowest BCUT2D eigenvalue weighted by atomic mass is 9.85. The second kappa shape index (κ2) is 1.15. The molecule has 2 bridgehead atoms. The highest BCUT2D eigenvalue weighted by Crippen LogP contribution is 2.67. The van der Waals surface area contributed by atoms with E-state index in [2.05, 4.69) is 19.4 Å². The molecule has 10 heavy (non-hydrogen) atoms. The Morgan fingerprint density at radius 2 is 2.50 bits per heavy atom. The topological polar surface area (TPSA) is 12.5 Å². The van der Waals surface area contributed by atoms with Crippen LogP contribution >= 0.6 is 0 Å². The normalized spacial score (nSPS) is 53.9. The van der Waals surface area contributed by atoms with E-state index in [1.807, 2.05) is 0 Å². The Bertz CT molecular complexity index is 231. The van der Waals surface area contributed by atoms with Gasteiger partial charge in [-0.1, -0.05) is 6.92 Å². The average Bonchev–Trinajstić information content (AvgIpc) is 2.37. The van der Waals surface area contributed by atoms with E-state index in [-0.39, 0.29) is 5.60 Å². The van der Waals surface area contributed by atoms with Crippen molar-refractivity contribution in [2.45, 2.75) is 31.8 Å². The Hall–Kier alpha value is -0.460. The Kier molecular flexibility index (Phi) is 0.601. The Morgan fingerprint density at radius 1 is 1.60 bits per heavy atom. The fraction of sp³-hybridized carbons (Fsp3) is 0.667. The SMILES string of the molecule is C[CH]C12C=C3OC3(CC1)C2. The summed E-state index contributed by atoms with van der Waals surface area (Å²) in [7, 11) is 0. The van der Waals surface area contributed by atoms with Crippen molar-refractivity contribution in [1.82, 2.24) is 0 Å². The molecule has 1 radical (unpaired) electrons. The van der Waals surface area contributed by atoms with Crippen LogP contribution in [0, 0.1) is 11.8 Å². The molecular formula is C9H11O. The van der Waals surface area contributed by atoms with Gasteiger partial charge in [-0.3, -0.25) is 0 Å². The van der Waals surface area contributed by atoms with Crippen LogP contribution in [-0.4, -0.2) is 5.60 Å². The van der Waals surface area contributed by atoms with Crippen molar-refractivity contribution in [3.05, 3.63) is 18.3 Å². The third-order valence-corrected chi connectivity index (χ3v) is 3.32. The molecule has 3 rings (SSSR count). The summed E-state index contributed by atoms with van der Waals surface area (Å²) in [5, 5.41) is 0. The molecule has 1 spiro atoms. The summed E-state index contributed by atoms with van der Waals surface area (Å²) in [6, 6.07) is 0. The molecule has 2 unspecified atom stereocenters. The van der Waals surface area contributed by atoms with Gasteiger partial charge in [-0.2, -0.15) is 0 Å². The lowest BCUT2D eigenvalue weighted by molar-refractivity contribution is 0.290. The summed E-state index contributed by atoms with van der Waals surface area (Å²) in [5.74, 6) is 1.29. The van der Waals surface area contributed by atoms with Crippen LogP contribution in [0.25, 0.3) is 0 Å². The van der Waals surface area contributed by atoms with Gasteiger partial charge in [0.25, 0.3) is 0 Å². The Balaban J connectivity index is 2.08. The summed E-state index contributed by atoms with van der Waals surface area (Å²) >= 11 is 0. The predicted octanol–water partition coefficient (Wildman–Crippen LogP) is 2.05. The molecule has 1 nitrogen and oxygen atoms in total. The summed E-state index contributed by atoms with van der Waals surface area (Å²) in [4.78, 5) is 0. The number of epoxide rings is 1. The Labute approximate surface area is 61.1 Å². The molecule has 0 aromatic heterocycles. The van der Waals surface area contributed by atoms with Gasteiger partial charge in [0.15, 0.2) is 5.60 Å². The molecule has 0 amide bonds. The maximum Gasteiger partial charge on any atom is 0.166 e. The van der Waals surface area contributed by atoms with Crippen LogP contribution in [0.5, 0.6) is 0 Å². The molecule has 1 saturated carbocycles. The average molecular weight is 135 g/mol. The van der Waals surface area contributed by atoms with E-state index in [1.54, 1.807) is 0 Å². The van der Waals surface area contributed by atoms with Crippen LogP contribution in [0.15, 0.2) is 11.8 Å². The minimum atomic E-state index is 0.270. The second-order valence-corrected chi connectivity index (χ2v) is 3.80. The highest BCUT2D eigenvalue weighted by molar-refractivity contribution is 5.41. The van der Waals surface area contributed by atoms with Crippen LogP contribution in [0.1, 0.15) is 26.2 Å². The lowest BCUT2D eigenvalue weighted by Gasteiger charge is -2.19. The Morgan fingerprint density at radius 3 is 2.90 bits per heavy atom. The summed E-state index contributed by atoms with van der Waals surface area (Å²) in [6.07, 6.45) is 8.49. The van der Waals surface area contributed by atoms with Gasteiger partial charge in [0.1, 0.15) is 5.76 Å². The van der Waals surface area contributed by atoms with Crippen molar-refractivity contribution in [2.75, 3.05) is 0 Å². The molecule has 0 aromatic rings. The number of hydrogen-bond acceptors (Lipinski definition) is 1. The van der Waals surface area contributed by atoms with Gasteiger partial charge >= 0.3 is 0 Å². The predicted molar refractivity (Wildman–Crippen MR) is 38.2 cm³/mol. The minimum absolute atomic E-state index is 0.270. The summed E-state index contributed by atoms with van der Waals surface area (Å²) < 4.78 is 5.50. The largest absolute Gasteiger partial charge is 0.480 e. The van der Waals surface area contributed by atoms with E-state index >= 15 is 0 Å². The first kappa shape index (κ1) is 5.22. The zero-order chi connectivity index (χ0) is 6.82. The zero-order valence-corrected chi connectivity index (χ0v) is 6.18. The van der Waals surface area contributed by atoms with E-state index in [0.717, 1.165) is 0 Å². The zero-order valence-electron chi connectivity index (χ0n) is 6.18. The van der Waals surface area contributed by atoms with Crippen molar-refractivity contribution in [1.29, 1.82) is 0 Å². The summed E-state index contributed by atoms with van der Waals surface area (Å²) in [6.45, 7) is 2.17. The van der Waals surface area contributed by atoms with Gasteiger partial charge in [-0.25, -0.2) is 0 Å². The van der Waals surface area contributed by atoms with Gasteiger partial charge in [-0.05, 0) is 30.8 Å². The fourth-order valence-corrected chi connectivity index (χ4v) is 2.50. The van der Waals surface area contributed by atoms with Crippen LogP contribution in [0.4, 0.5) is 0 Å². The molecule has 1 heteroatoms. The fourth-order valence-electron chi connectivity index (χ4n) is 2.50. The smallest absolute Gasteiger partial charge is 0.166 e. The standard InChI is InChI=1S/C9H11O/c1-2-8-3-4-9(6-8)7(5-8)10-9/h2,5H,3-4,6H2,1H3. The van der Waals surface area contributed by atoms with Gasteiger partial charge in [0.2, 0.25) is 0 Å². The molecule has 1 aliphatic heterocycles. The molecule has 3 aliphatic rings. The maximum absolute atomic E-state index is 5.50. The molecule has 53 valence electrons.